The molecule has 0 heterocycles. The first kappa shape index (κ1) is 7.40. The van der Waals surface area contributed by atoms with E-state index in [1.165, 1.54) is 0 Å². The van der Waals surface area contributed by atoms with Crippen LogP contribution >= 0.6 is 0 Å². The Kier molecular flexibility index (Phi) is 2.80. The van der Waals surface area contributed by atoms with Gasteiger partial charge in [0.25, 0.3) is 0 Å². The zero-order valence-corrected chi connectivity index (χ0v) is 6.77. The van der Waals surface area contributed by atoms with Gasteiger partial charge in [0.2, 0.25) is 0 Å². The molecule has 0 nitrogen and oxygen atoms in total. The van der Waals surface area contributed by atoms with E-state index in [-0.39, 0.29) is 10.5 Å². The molecule has 0 amide bonds. The second kappa shape index (κ2) is 2.65. The van der Waals surface area contributed by atoms with Gasteiger partial charge >= 0.3 is 45.6 Å². The predicted octanol–water partition coefficient (Wildman–Crippen LogP) is 2.41. The molecule has 0 aromatic rings. The van der Waals surface area contributed by atoms with Gasteiger partial charge in [0.15, 0.2) is 0 Å². The van der Waals surface area contributed by atoms with Crippen molar-refractivity contribution in [3.63, 3.8) is 0 Å². The third kappa shape index (κ3) is 3.03. The minimum atomic E-state index is -4.08. The Labute approximate surface area is 46.2 Å². The summed E-state index contributed by atoms with van der Waals surface area (Å²) >= 11 is -4.08. The molecule has 7 heavy (non-hydrogen) atoms. The van der Waals surface area contributed by atoms with Crippen LogP contribution in [0.25, 0.3) is 0 Å². The van der Waals surface area contributed by atoms with E-state index in [1.807, 2.05) is 0 Å². The van der Waals surface area contributed by atoms with Crippen LogP contribution < -0.4 is 0 Å². The van der Waals surface area contributed by atoms with Crippen LogP contribution in [0.3, 0.4) is 0 Å². The van der Waals surface area contributed by atoms with E-state index < -0.39 is 14.2 Å². The normalized spacial score (nSPS) is 12.0. The van der Waals surface area contributed by atoms with E-state index in [1.54, 1.807) is 13.8 Å². The Hall–Kier alpha value is 0.403. The second-order valence-corrected chi connectivity index (χ2v) is 8.12. The molecule has 0 aromatic heterocycles. The molecule has 0 aliphatic rings. The van der Waals surface area contributed by atoms with Crippen LogP contribution in [0.4, 0.5) is 7.00 Å². The van der Waals surface area contributed by atoms with Gasteiger partial charge in [-0.25, -0.2) is 0 Å². The SMILES string of the molecule is C[CH2][Ge]([F])([F])[CH2]C. The van der Waals surface area contributed by atoms with Crippen LogP contribution in [0.15, 0.2) is 0 Å². The molecule has 0 unspecified atom stereocenters. The zero-order chi connectivity index (χ0) is 5.91. The quantitative estimate of drug-likeness (QED) is 0.556. The molecule has 0 fully saturated rings. The average molecular weight is 169 g/mol. The number of hydrogen-bond acceptors (Lipinski definition) is 0. The first-order valence-electron chi connectivity index (χ1n) is 2.50. The molecule has 0 atom stereocenters. The maximum atomic E-state index is 12.1. The molecular weight excluding hydrogens is 159 g/mol. The molecule has 0 N–H and O–H groups in total. The average Bonchev–Trinajstić information content (AvgIpc) is 1.68. The summed E-state index contributed by atoms with van der Waals surface area (Å²) in [6.07, 6.45) is 0. The number of halogens is 2. The fourth-order valence-corrected chi connectivity index (χ4v) is 1.30. The molecule has 0 saturated heterocycles. The topological polar surface area (TPSA) is 0 Å². The van der Waals surface area contributed by atoms with Crippen molar-refractivity contribution in [3.05, 3.63) is 0 Å². The third-order valence-corrected chi connectivity index (χ3v) is 5.38. The Morgan fingerprint density at radius 3 is 1.43 bits per heavy atom. The zero-order valence-electron chi connectivity index (χ0n) is 4.67. The van der Waals surface area contributed by atoms with Gasteiger partial charge in [-0.2, -0.15) is 0 Å². The molecule has 0 rings (SSSR count). The van der Waals surface area contributed by atoms with E-state index in [0.29, 0.717) is 0 Å². The standard InChI is InChI=1S/C4H10F2Ge/c1-3-7(5,6)4-2/h3-4H2,1-2H3. The molecule has 44 valence electrons. The summed E-state index contributed by atoms with van der Waals surface area (Å²) in [6, 6.07) is 0. The molecule has 0 bridgehead atoms. The van der Waals surface area contributed by atoms with E-state index >= 15 is 0 Å². The maximum absolute atomic E-state index is 12.1. The van der Waals surface area contributed by atoms with Crippen molar-refractivity contribution in [2.45, 2.75) is 24.4 Å². The van der Waals surface area contributed by atoms with Crippen molar-refractivity contribution in [2.75, 3.05) is 0 Å². The molecule has 0 radical (unpaired) electrons. The van der Waals surface area contributed by atoms with Gasteiger partial charge in [0.05, 0.1) is 0 Å². The van der Waals surface area contributed by atoms with Gasteiger partial charge < -0.3 is 0 Å². The molecular formula is C4H10F2Ge. The second-order valence-electron chi connectivity index (χ2n) is 1.56. The van der Waals surface area contributed by atoms with Gasteiger partial charge in [-0.3, -0.25) is 0 Å². The van der Waals surface area contributed by atoms with Crippen molar-refractivity contribution in [1.82, 2.24) is 0 Å². The monoisotopic (exact) mass is 170 g/mol. The molecule has 0 aliphatic carbocycles. The van der Waals surface area contributed by atoms with Gasteiger partial charge in [0.1, 0.15) is 0 Å². The van der Waals surface area contributed by atoms with Crippen LogP contribution in [0.2, 0.25) is 10.5 Å². The Morgan fingerprint density at radius 2 is 1.43 bits per heavy atom. The fourth-order valence-electron chi connectivity index (χ4n) is 0.250. The van der Waals surface area contributed by atoms with Crippen molar-refractivity contribution in [2.24, 2.45) is 0 Å². The molecule has 0 aliphatic heterocycles. The third-order valence-electron chi connectivity index (χ3n) is 1.03. The number of hydrogen-bond donors (Lipinski definition) is 0. The van der Waals surface area contributed by atoms with Crippen LogP contribution in [0.5, 0.6) is 0 Å². The van der Waals surface area contributed by atoms with Gasteiger partial charge in [-0.05, 0) is 0 Å². The van der Waals surface area contributed by atoms with Crippen LogP contribution in [-0.2, 0) is 0 Å². The summed E-state index contributed by atoms with van der Waals surface area (Å²) in [5.74, 6) is 0. The van der Waals surface area contributed by atoms with E-state index in [2.05, 4.69) is 0 Å². The van der Waals surface area contributed by atoms with Gasteiger partial charge in [0, 0.05) is 0 Å². The summed E-state index contributed by atoms with van der Waals surface area (Å²) in [4.78, 5) is 0. The van der Waals surface area contributed by atoms with Crippen LogP contribution in [0, 0.1) is 0 Å². The summed E-state index contributed by atoms with van der Waals surface area (Å²) < 4.78 is 24.1. The van der Waals surface area contributed by atoms with Crippen LogP contribution in [-0.4, -0.2) is 14.2 Å². The van der Waals surface area contributed by atoms with Crippen LogP contribution in [0.1, 0.15) is 13.8 Å². The van der Waals surface area contributed by atoms with Crippen molar-refractivity contribution in [1.29, 1.82) is 0 Å². The molecule has 0 aromatic carbocycles. The summed E-state index contributed by atoms with van der Waals surface area (Å²) in [5, 5.41) is 0.299. The summed E-state index contributed by atoms with van der Waals surface area (Å²) in [7, 11) is 0. The summed E-state index contributed by atoms with van der Waals surface area (Å²) in [5.41, 5.74) is 0. The van der Waals surface area contributed by atoms with Crippen molar-refractivity contribution in [3.8, 4) is 0 Å². The first-order chi connectivity index (χ1) is 3.12. The van der Waals surface area contributed by atoms with E-state index in [9.17, 15) is 7.00 Å². The Bertz CT molecular complexity index is 47.7. The van der Waals surface area contributed by atoms with Gasteiger partial charge in [-0.15, -0.1) is 0 Å². The van der Waals surface area contributed by atoms with Gasteiger partial charge in [-0.1, -0.05) is 0 Å². The Balaban J connectivity index is 3.36. The van der Waals surface area contributed by atoms with Crippen molar-refractivity contribution < 1.29 is 7.00 Å². The Morgan fingerprint density at radius 1 is 1.14 bits per heavy atom. The minimum absolute atomic E-state index is 0.149. The molecule has 0 saturated carbocycles. The fraction of sp³-hybridized carbons (Fsp3) is 1.00. The summed E-state index contributed by atoms with van der Waals surface area (Å²) in [6.45, 7) is 3.15. The van der Waals surface area contributed by atoms with E-state index in [0.717, 1.165) is 0 Å². The van der Waals surface area contributed by atoms with E-state index in [4.69, 9.17) is 0 Å². The number of rotatable bonds is 2. The molecule has 0 spiro atoms. The van der Waals surface area contributed by atoms with Crippen molar-refractivity contribution >= 4 is 14.2 Å². The molecule has 3 heteroatoms. The first-order valence-corrected chi connectivity index (χ1v) is 7.05. The predicted molar refractivity (Wildman–Crippen MR) is 28.9 cm³/mol.